The van der Waals surface area contributed by atoms with E-state index < -0.39 is 5.97 Å². The van der Waals surface area contributed by atoms with Crippen LogP contribution in [-0.2, 0) is 23.1 Å². The topological polar surface area (TPSA) is 87.7 Å². The second kappa shape index (κ2) is 7.63. The number of aromatic nitrogens is 3. The number of rotatable bonds is 5. The summed E-state index contributed by atoms with van der Waals surface area (Å²) < 4.78 is 14.1. The van der Waals surface area contributed by atoms with Gasteiger partial charge in [-0.1, -0.05) is 11.3 Å². The number of fused-ring (bicyclic) bond motifs is 1. The van der Waals surface area contributed by atoms with Gasteiger partial charge in [0.15, 0.2) is 4.80 Å². The van der Waals surface area contributed by atoms with Crippen molar-refractivity contribution in [1.82, 2.24) is 14.3 Å². The summed E-state index contributed by atoms with van der Waals surface area (Å²) in [5, 5.41) is 4.00. The lowest BCUT2D eigenvalue weighted by Gasteiger charge is -2.05. The fourth-order valence-electron chi connectivity index (χ4n) is 2.53. The molecule has 9 heteroatoms. The number of hydrogen-bond donors (Lipinski definition) is 0. The highest BCUT2D eigenvalue weighted by molar-refractivity contribution is 7.16. The fraction of sp³-hybridized carbons (Fsp3) is 0.294. The number of esters is 1. The third-order valence-corrected chi connectivity index (χ3v) is 4.90. The van der Waals surface area contributed by atoms with E-state index >= 15 is 0 Å². The molecule has 0 saturated carbocycles. The van der Waals surface area contributed by atoms with E-state index in [-0.39, 0.29) is 5.91 Å². The van der Waals surface area contributed by atoms with Gasteiger partial charge >= 0.3 is 5.97 Å². The Kier molecular flexibility index (Phi) is 5.29. The number of methoxy groups -OCH3 is 2. The first kappa shape index (κ1) is 18.0. The Balaban J connectivity index is 2.13. The Bertz CT molecular complexity index is 1030. The SMILES string of the molecule is COCCn1c(=NC(=O)c2ccnn2C)sc2cc(C(=O)OC)ccc21. The zero-order valence-electron chi connectivity index (χ0n) is 14.6. The van der Waals surface area contributed by atoms with Crippen molar-refractivity contribution in [3.8, 4) is 0 Å². The molecular weight excluding hydrogens is 356 g/mol. The number of ether oxygens (including phenoxy) is 2. The second-order valence-electron chi connectivity index (χ2n) is 5.46. The van der Waals surface area contributed by atoms with Crippen LogP contribution in [0, 0.1) is 0 Å². The van der Waals surface area contributed by atoms with Gasteiger partial charge in [-0.2, -0.15) is 10.1 Å². The van der Waals surface area contributed by atoms with Crippen molar-refractivity contribution < 1.29 is 19.1 Å². The van der Waals surface area contributed by atoms with Crippen LogP contribution in [0.15, 0.2) is 35.5 Å². The number of nitrogens with zero attached hydrogens (tertiary/aromatic N) is 4. The summed E-state index contributed by atoms with van der Waals surface area (Å²) in [5.74, 6) is -0.788. The minimum atomic E-state index is -0.409. The summed E-state index contributed by atoms with van der Waals surface area (Å²) in [7, 11) is 4.64. The number of amides is 1. The zero-order chi connectivity index (χ0) is 18.7. The molecule has 0 unspecified atom stereocenters. The second-order valence-corrected chi connectivity index (χ2v) is 6.47. The van der Waals surface area contributed by atoms with Crippen LogP contribution in [0.5, 0.6) is 0 Å². The summed E-state index contributed by atoms with van der Waals surface area (Å²) >= 11 is 1.33. The smallest absolute Gasteiger partial charge is 0.337 e. The Labute approximate surface area is 153 Å². The van der Waals surface area contributed by atoms with Gasteiger partial charge in [0.05, 0.1) is 29.5 Å². The van der Waals surface area contributed by atoms with Crippen molar-refractivity contribution in [3.63, 3.8) is 0 Å². The van der Waals surface area contributed by atoms with Crippen LogP contribution in [0.2, 0.25) is 0 Å². The van der Waals surface area contributed by atoms with Crippen LogP contribution in [0.4, 0.5) is 0 Å². The van der Waals surface area contributed by atoms with Crippen molar-refractivity contribution in [3.05, 3.63) is 46.5 Å². The van der Waals surface area contributed by atoms with Crippen LogP contribution >= 0.6 is 11.3 Å². The maximum atomic E-state index is 12.5. The Morgan fingerprint density at radius 3 is 2.73 bits per heavy atom. The Hall–Kier alpha value is -2.78. The molecule has 0 N–H and O–H groups in total. The van der Waals surface area contributed by atoms with E-state index in [0.29, 0.717) is 29.2 Å². The van der Waals surface area contributed by atoms with Gasteiger partial charge in [0, 0.05) is 26.9 Å². The van der Waals surface area contributed by atoms with E-state index in [0.717, 1.165) is 10.2 Å². The van der Waals surface area contributed by atoms with Crippen LogP contribution in [0.1, 0.15) is 20.8 Å². The average molecular weight is 374 g/mol. The number of hydrogen-bond acceptors (Lipinski definition) is 6. The molecule has 2 aromatic heterocycles. The largest absolute Gasteiger partial charge is 0.465 e. The van der Waals surface area contributed by atoms with Crippen molar-refractivity contribution in [2.75, 3.05) is 20.8 Å². The molecule has 136 valence electrons. The third kappa shape index (κ3) is 3.44. The molecule has 3 aromatic rings. The quantitative estimate of drug-likeness (QED) is 0.633. The van der Waals surface area contributed by atoms with Crippen LogP contribution in [0.25, 0.3) is 10.2 Å². The molecule has 0 saturated heterocycles. The van der Waals surface area contributed by atoms with Gasteiger partial charge in [-0.25, -0.2) is 4.79 Å². The van der Waals surface area contributed by atoms with Crippen molar-refractivity contribution in [1.29, 1.82) is 0 Å². The van der Waals surface area contributed by atoms with Crippen molar-refractivity contribution in [2.24, 2.45) is 12.0 Å². The van der Waals surface area contributed by atoms with Gasteiger partial charge < -0.3 is 14.0 Å². The lowest BCUT2D eigenvalue weighted by Crippen LogP contribution is -2.20. The van der Waals surface area contributed by atoms with E-state index in [1.54, 1.807) is 38.6 Å². The van der Waals surface area contributed by atoms with Crippen LogP contribution in [-0.4, -0.2) is 47.1 Å². The fourth-order valence-corrected chi connectivity index (χ4v) is 3.62. The standard InChI is InChI=1S/C17H18N4O4S/c1-20-13(6-7-18-20)15(22)19-17-21(8-9-24-2)12-5-4-11(16(23)25-3)10-14(12)26-17/h4-7,10H,8-9H2,1-3H3. The van der Waals surface area contributed by atoms with Gasteiger partial charge in [0.2, 0.25) is 0 Å². The lowest BCUT2D eigenvalue weighted by atomic mass is 10.2. The van der Waals surface area contributed by atoms with E-state index in [2.05, 4.69) is 10.1 Å². The van der Waals surface area contributed by atoms with Crippen LogP contribution in [0.3, 0.4) is 0 Å². The molecule has 0 aliphatic carbocycles. The van der Waals surface area contributed by atoms with E-state index in [9.17, 15) is 9.59 Å². The molecule has 8 nitrogen and oxygen atoms in total. The van der Waals surface area contributed by atoms with Gasteiger partial charge in [-0.15, -0.1) is 0 Å². The first-order valence-electron chi connectivity index (χ1n) is 7.83. The van der Waals surface area contributed by atoms with Gasteiger partial charge in [0.1, 0.15) is 5.69 Å². The predicted octanol–water partition coefficient (Wildman–Crippen LogP) is 1.61. The molecule has 0 bridgehead atoms. The number of thiazole rings is 1. The molecule has 0 aliphatic heterocycles. The first-order chi connectivity index (χ1) is 12.5. The summed E-state index contributed by atoms with van der Waals surface area (Å²) in [6.07, 6.45) is 1.55. The first-order valence-corrected chi connectivity index (χ1v) is 8.64. The van der Waals surface area contributed by atoms with Crippen molar-refractivity contribution >= 4 is 33.4 Å². The highest BCUT2D eigenvalue weighted by atomic mass is 32.1. The van der Waals surface area contributed by atoms with Gasteiger partial charge in [-0.05, 0) is 24.3 Å². The third-order valence-electron chi connectivity index (χ3n) is 3.86. The van der Waals surface area contributed by atoms with E-state index in [4.69, 9.17) is 9.47 Å². The molecular formula is C17H18N4O4S. The highest BCUT2D eigenvalue weighted by Gasteiger charge is 2.13. The molecule has 0 radical (unpaired) electrons. The summed E-state index contributed by atoms with van der Waals surface area (Å²) in [4.78, 5) is 29.0. The van der Waals surface area contributed by atoms with Gasteiger partial charge in [0.25, 0.3) is 5.91 Å². The molecule has 1 aromatic carbocycles. The zero-order valence-corrected chi connectivity index (χ0v) is 15.4. The van der Waals surface area contributed by atoms with Crippen molar-refractivity contribution in [2.45, 2.75) is 6.54 Å². The monoisotopic (exact) mass is 374 g/mol. The Morgan fingerprint density at radius 1 is 1.27 bits per heavy atom. The number of carbonyl (C=O) groups excluding carboxylic acids is 2. The number of aryl methyl sites for hydroxylation is 1. The molecule has 26 heavy (non-hydrogen) atoms. The normalized spacial score (nSPS) is 11.9. The van der Waals surface area contributed by atoms with Gasteiger partial charge in [-0.3, -0.25) is 9.48 Å². The predicted molar refractivity (Wildman–Crippen MR) is 96.1 cm³/mol. The highest BCUT2D eigenvalue weighted by Crippen LogP contribution is 2.20. The molecule has 0 aliphatic rings. The van der Waals surface area contributed by atoms with Crippen LogP contribution < -0.4 is 4.80 Å². The molecule has 1 amide bonds. The summed E-state index contributed by atoms with van der Waals surface area (Å²) in [6, 6.07) is 6.87. The molecule has 0 fully saturated rings. The molecule has 0 spiro atoms. The summed E-state index contributed by atoms with van der Waals surface area (Å²) in [5.41, 5.74) is 1.72. The maximum absolute atomic E-state index is 12.5. The molecule has 3 rings (SSSR count). The number of benzene rings is 1. The average Bonchev–Trinajstić information content (AvgIpc) is 3.21. The molecule has 2 heterocycles. The number of carbonyl (C=O) groups is 2. The maximum Gasteiger partial charge on any atom is 0.337 e. The van der Waals surface area contributed by atoms with E-state index in [1.807, 2.05) is 10.6 Å². The summed E-state index contributed by atoms with van der Waals surface area (Å²) in [6.45, 7) is 1.00. The lowest BCUT2D eigenvalue weighted by molar-refractivity contribution is 0.0600. The minimum Gasteiger partial charge on any atom is -0.465 e. The minimum absolute atomic E-state index is 0.379. The van der Waals surface area contributed by atoms with E-state index in [1.165, 1.54) is 23.1 Å². The molecule has 0 atom stereocenters. The Morgan fingerprint density at radius 2 is 2.08 bits per heavy atom.